The number of carbonyl (C=O) groups is 2. The van der Waals surface area contributed by atoms with Gasteiger partial charge in [0.15, 0.2) is 0 Å². The Hall–Kier alpha value is -2.03. The van der Waals surface area contributed by atoms with Crippen molar-refractivity contribution in [1.29, 1.82) is 0 Å². The molecule has 0 spiro atoms. The van der Waals surface area contributed by atoms with Crippen molar-refractivity contribution >= 4 is 23.5 Å². The number of esters is 1. The van der Waals surface area contributed by atoms with E-state index in [4.69, 9.17) is 16.7 Å². The molecular weight excluding hydrogens is 282 g/mol. The summed E-state index contributed by atoms with van der Waals surface area (Å²) in [4.78, 5) is 22.7. The quantitative estimate of drug-likeness (QED) is 0.641. The Kier molecular flexibility index (Phi) is 6.57. The maximum absolute atomic E-state index is 11.7. The van der Waals surface area contributed by atoms with E-state index in [1.807, 2.05) is 0 Å². The van der Waals surface area contributed by atoms with Gasteiger partial charge in [0.1, 0.15) is 6.54 Å². The molecule has 1 aromatic carbocycles. The van der Waals surface area contributed by atoms with Crippen LogP contribution in [-0.4, -0.2) is 37.2 Å². The number of hydrogen-bond acceptors (Lipinski definition) is 4. The van der Waals surface area contributed by atoms with Gasteiger partial charge in [0.25, 0.3) is 5.91 Å². The van der Waals surface area contributed by atoms with E-state index in [-0.39, 0.29) is 13.2 Å². The van der Waals surface area contributed by atoms with Crippen molar-refractivity contribution in [3.63, 3.8) is 0 Å². The van der Waals surface area contributed by atoms with Crippen molar-refractivity contribution in [2.45, 2.75) is 6.42 Å². The maximum atomic E-state index is 11.7. The first kappa shape index (κ1) is 16.0. The molecule has 1 amide bonds. The maximum Gasteiger partial charge on any atom is 0.325 e. The van der Waals surface area contributed by atoms with Gasteiger partial charge in [0.05, 0.1) is 18.7 Å². The Morgan fingerprint density at radius 3 is 2.80 bits per heavy atom. The number of ether oxygens (including phenoxy) is 1. The standard InChI is InChI=1S/C14H14ClNO4/c1-20-13(18)9-16-14(19)11-6-5-10(12(15)8-11)4-2-3-7-17/h5-6,8,17H,3,7,9H2,1H3,(H,16,19). The Bertz CT molecular complexity index is 560. The second-order valence-corrected chi connectivity index (χ2v) is 4.14. The molecule has 6 heteroatoms. The first-order valence-corrected chi connectivity index (χ1v) is 6.20. The van der Waals surface area contributed by atoms with Crippen LogP contribution >= 0.6 is 11.6 Å². The monoisotopic (exact) mass is 295 g/mol. The van der Waals surface area contributed by atoms with Gasteiger partial charge < -0.3 is 15.2 Å². The molecule has 1 aromatic rings. The third kappa shape index (κ3) is 4.92. The first-order chi connectivity index (χ1) is 9.58. The van der Waals surface area contributed by atoms with Gasteiger partial charge in [0, 0.05) is 17.5 Å². The summed E-state index contributed by atoms with van der Waals surface area (Å²) in [5, 5.41) is 11.4. The van der Waals surface area contributed by atoms with Crippen LogP contribution in [0.15, 0.2) is 18.2 Å². The summed E-state index contributed by atoms with van der Waals surface area (Å²) >= 11 is 6.01. The van der Waals surface area contributed by atoms with Gasteiger partial charge in [-0.2, -0.15) is 0 Å². The molecule has 0 bridgehead atoms. The molecule has 0 heterocycles. The summed E-state index contributed by atoms with van der Waals surface area (Å²) in [6, 6.07) is 4.64. The lowest BCUT2D eigenvalue weighted by Crippen LogP contribution is -2.30. The molecule has 0 aliphatic carbocycles. The Labute approximate surface area is 121 Å². The highest BCUT2D eigenvalue weighted by Gasteiger charge is 2.09. The van der Waals surface area contributed by atoms with Gasteiger partial charge in [-0.05, 0) is 18.2 Å². The average molecular weight is 296 g/mol. The molecule has 0 aromatic heterocycles. The van der Waals surface area contributed by atoms with Gasteiger partial charge in [-0.15, -0.1) is 0 Å². The molecular formula is C14H14ClNO4. The van der Waals surface area contributed by atoms with Gasteiger partial charge in [-0.1, -0.05) is 23.4 Å². The van der Waals surface area contributed by atoms with Gasteiger partial charge in [-0.3, -0.25) is 9.59 Å². The number of nitrogens with one attached hydrogen (secondary N) is 1. The lowest BCUT2D eigenvalue weighted by Gasteiger charge is -2.05. The summed E-state index contributed by atoms with van der Waals surface area (Å²) in [7, 11) is 1.24. The van der Waals surface area contributed by atoms with Crippen molar-refractivity contribution in [2.75, 3.05) is 20.3 Å². The van der Waals surface area contributed by atoms with E-state index in [9.17, 15) is 9.59 Å². The molecule has 0 saturated heterocycles. The van der Waals surface area contributed by atoms with E-state index in [0.29, 0.717) is 22.6 Å². The highest BCUT2D eigenvalue weighted by Crippen LogP contribution is 2.17. The van der Waals surface area contributed by atoms with Crippen molar-refractivity contribution in [3.05, 3.63) is 34.3 Å². The van der Waals surface area contributed by atoms with Gasteiger partial charge in [0.2, 0.25) is 0 Å². The molecule has 0 unspecified atom stereocenters. The van der Waals surface area contributed by atoms with E-state index in [1.54, 1.807) is 12.1 Å². The van der Waals surface area contributed by atoms with E-state index < -0.39 is 11.9 Å². The molecule has 5 nitrogen and oxygen atoms in total. The number of aliphatic hydroxyl groups excluding tert-OH is 1. The van der Waals surface area contributed by atoms with Gasteiger partial charge >= 0.3 is 5.97 Å². The largest absolute Gasteiger partial charge is 0.468 e. The van der Waals surface area contributed by atoms with Crippen molar-refractivity contribution in [3.8, 4) is 11.8 Å². The second kappa shape index (κ2) is 8.20. The SMILES string of the molecule is COC(=O)CNC(=O)c1ccc(C#CCCO)c(Cl)c1. The molecule has 0 aliphatic heterocycles. The van der Waals surface area contributed by atoms with E-state index in [0.717, 1.165) is 0 Å². The average Bonchev–Trinajstić information content (AvgIpc) is 2.46. The number of carbonyl (C=O) groups excluding carboxylic acids is 2. The van der Waals surface area contributed by atoms with Crippen LogP contribution < -0.4 is 5.32 Å². The molecule has 0 radical (unpaired) electrons. The smallest absolute Gasteiger partial charge is 0.325 e. The highest BCUT2D eigenvalue weighted by atomic mass is 35.5. The van der Waals surface area contributed by atoms with Crippen LogP contribution in [0, 0.1) is 11.8 Å². The fraction of sp³-hybridized carbons (Fsp3) is 0.286. The molecule has 0 fully saturated rings. The summed E-state index contributed by atoms with van der Waals surface area (Å²) in [6.45, 7) is -0.219. The summed E-state index contributed by atoms with van der Waals surface area (Å²) in [6.07, 6.45) is 0.359. The van der Waals surface area contributed by atoms with Crippen LogP contribution in [0.1, 0.15) is 22.3 Å². The number of halogens is 1. The number of rotatable bonds is 4. The first-order valence-electron chi connectivity index (χ1n) is 5.82. The van der Waals surface area contributed by atoms with Crippen LogP contribution in [-0.2, 0) is 9.53 Å². The third-order valence-electron chi connectivity index (χ3n) is 2.31. The Morgan fingerprint density at radius 1 is 1.45 bits per heavy atom. The van der Waals surface area contributed by atoms with Crippen molar-refractivity contribution < 1.29 is 19.4 Å². The minimum atomic E-state index is -0.532. The zero-order valence-electron chi connectivity index (χ0n) is 10.9. The fourth-order valence-corrected chi connectivity index (χ4v) is 1.53. The molecule has 20 heavy (non-hydrogen) atoms. The highest BCUT2D eigenvalue weighted by molar-refractivity contribution is 6.32. The number of amides is 1. The normalized spacial score (nSPS) is 9.35. The molecule has 1 rings (SSSR count). The summed E-state index contributed by atoms with van der Waals surface area (Å²) in [5.74, 6) is 4.58. The predicted molar refractivity (Wildman–Crippen MR) is 74.4 cm³/mol. The lowest BCUT2D eigenvalue weighted by molar-refractivity contribution is -0.139. The lowest BCUT2D eigenvalue weighted by atomic mass is 10.1. The zero-order valence-corrected chi connectivity index (χ0v) is 11.7. The second-order valence-electron chi connectivity index (χ2n) is 3.73. The molecule has 106 valence electrons. The van der Waals surface area contributed by atoms with E-state index >= 15 is 0 Å². The van der Waals surface area contributed by atoms with Crippen LogP contribution in [0.5, 0.6) is 0 Å². The van der Waals surface area contributed by atoms with Crippen LogP contribution in [0.4, 0.5) is 0 Å². The number of hydrogen-bond donors (Lipinski definition) is 2. The Morgan fingerprint density at radius 2 is 2.20 bits per heavy atom. The summed E-state index contributed by atoms with van der Waals surface area (Å²) in [5.41, 5.74) is 0.899. The minimum absolute atomic E-state index is 0.0152. The number of aliphatic hydroxyl groups is 1. The number of methoxy groups -OCH3 is 1. The molecule has 0 saturated carbocycles. The summed E-state index contributed by atoms with van der Waals surface area (Å²) < 4.78 is 4.42. The molecule has 2 N–H and O–H groups in total. The van der Waals surface area contributed by atoms with Crippen molar-refractivity contribution in [1.82, 2.24) is 5.32 Å². The number of benzene rings is 1. The van der Waals surface area contributed by atoms with E-state index in [2.05, 4.69) is 21.9 Å². The van der Waals surface area contributed by atoms with E-state index in [1.165, 1.54) is 13.2 Å². The third-order valence-corrected chi connectivity index (χ3v) is 2.62. The Balaban J connectivity index is 2.74. The molecule has 0 atom stereocenters. The van der Waals surface area contributed by atoms with Crippen molar-refractivity contribution in [2.24, 2.45) is 0 Å². The zero-order chi connectivity index (χ0) is 15.0. The minimum Gasteiger partial charge on any atom is -0.468 e. The van der Waals surface area contributed by atoms with Gasteiger partial charge in [-0.25, -0.2) is 0 Å². The topological polar surface area (TPSA) is 75.6 Å². The van der Waals surface area contributed by atoms with Crippen LogP contribution in [0.2, 0.25) is 5.02 Å². The predicted octanol–water partition coefficient (Wildman–Crippen LogP) is 0.977. The van der Waals surface area contributed by atoms with Crippen LogP contribution in [0.3, 0.4) is 0 Å². The fourth-order valence-electron chi connectivity index (χ4n) is 1.30. The van der Waals surface area contributed by atoms with Crippen LogP contribution in [0.25, 0.3) is 0 Å². The molecule has 0 aliphatic rings.